The van der Waals surface area contributed by atoms with Crippen LogP contribution in [0.2, 0.25) is 0 Å². The highest BCUT2D eigenvalue weighted by atomic mass is 19.1. The van der Waals surface area contributed by atoms with E-state index in [1.54, 1.807) is 24.1 Å². The largest absolute Gasteiger partial charge is 0.494 e. The lowest BCUT2D eigenvalue weighted by Gasteiger charge is -2.31. The molecule has 1 fully saturated rings. The van der Waals surface area contributed by atoms with Gasteiger partial charge in [-0.15, -0.1) is 0 Å². The molecule has 2 aromatic rings. The number of carbonyl (C=O) groups excluding carboxylic acids is 1. The summed E-state index contributed by atoms with van der Waals surface area (Å²) in [5.41, 5.74) is 3.01. The Balaban J connectivity index is 1.67. The number of halogens is 1. The average Bonchev–Trinajstić information content (AvgIpc) is 2.69. The van der Waals surface area contributed by atoms with Gasteiger partial charge in [0.1, 0.15) is 0 Å². The minimum Gasteiger partial charge on any atom is -0.494 e. The van der Waals surface area contributed by atoms with Crippen LogP contribution in [0.25, 0.3) is 0 Å². The second-order valence-electron chi connectivity index (χ2n) is 7.07. The molecule has 1 amide bonds. The minimum absolute atomic E-state index is 0.0342. The first kappa shape index (κ1) is 19.2. The van der Waals surface area contributed by atoms with Crippen LogP contribution in [0.15, 0.2) is 42.5 Å². The Bertz CT molecular complexity index is 788. The molecule has 0 radical (unpaired) electrons. The van der Waals surface area contributed by atoms with Crippen molar-refractivity contribution in [3.8, 4) is 5.75 Å². The van der Waals surface area contributed by atoms with Crippen LogP contribution in [-0.4, -0.2) is 38.1 Å². The Morgan fingerprint density at radius 3 is 2.59 bits per heavy atom. The second-order valence-corrected chi connectivity index (χ2v) is 7.07. The Hall–Kier alpha value is -2.56. The highest BCUT2D eigenvalue weighted by molar-refractivity contribution is 5.78. The van der Waals surface area contributed by atoms with E-state index in [2.05, 4.69) is 23.1 Å². The van der Waals surface area contributed by atoms with Gasteiger partial charge in [0, 0.05) is 32.4 Å². The number of hydrogen-bond donors (Lipinski definition) is 0. The number of hydrogen-bond acceptors (Lipinski definition) is 3. The van der Waals surface area contributed by atoms with E-state index in [0.717, 1.165) is 18.7 Å². The van der Waals surface area contributed by atoms with Crippen LogP contribution >= 0.6 is 0 Å². The van der Waals surface area contributed by atoms with Crippen molar-refractivity contribution >= 4 is 11.6 Å². The van der Waals surface area contributed by atoms with E-state index in [4.69, 9.17) is 4.74 Å². The van der Waals surface area contributed by atoms with Gasteiger partial charge in [0.25, 0.3) is 0 Å². The lowest BCUT2D eigenvalue weighted by atomic mass is 10.1. The first-order valence-electron chi connectivity index (χ1n) is 9.47. The molecule has 0 atom stereocenters. The zero-order valence-corrected chi connectivity index (χ0v) is 16.1. The molecule has 0 aliphatic carbocycles. The van der Waals surface area contributed by atoms with Gasteiger partial charge in [0.05, 0.1) is 13.5 Å². The van der Waals surface area contributed by atoms with Crippen molar-refractivity contribution in [2.75, 3.05) is 32.1 Å². The first-order chi connectivity index (χ1) is 13.1. The standard InChI is InChI=1S/C22H27FN2O2/c1-24(22(26)15-17-10-11-21(27-2)19(23)14-17)16-18-8-4-5-9-20(18)25-12-6-3-7-13-25/h4-5,8-11,14H,3,6-7,12-13,15-16H2,1-2H3. The number of benzene rings is 2. The molecule has 1 saturated heterocycles. The van der Waals surface area contributed by atoms with Crippen molar-refractivity contribution in [1.29, 1.82) is 0 Å². The van der Waals surface area contributed by atoms with Gasteiger partial charge in [-0.2, -0.15) is 0 Å². The van der Waals surface area contributed by atoms with E-state index in [9.17, 15) is 9.18 Å². The number of rotatable bonds is 6. The average molecular weight is 370 g/mol. The van der Waals surface area contributed by atoms with Crippen molar-refractivity contribution in [2.24, 2.45) is 0 Å². The molecule has 3 rings (SSSR count). The summed E-state index contributed by atoms with van der Waals surface area (Å²) < 4.78 is 18.8. The molecule has 1 aliphatic rings. The molecule has 0 bridgehead atoms. The number of anilines is 1. The molecule has 4 nitrogen and oxygen atoms in total. The Morgan fingerprint density at radius 2 is 1.89 bits per heavy atom. The maximum Gasteiger partial charge on any atom is 0.227 e. The van der Waals surface area contributed by atoms with Gasteiger partial charge in [-0.1, -0.05) is 24.3 Å². The van der Waals surface area contributed by atoms with Gasteiger partial charge in [0.15, 0.2) is 11.6 Å². The molecule has 0 saturated carbocycles. The van der Waals surface area contributed by atoms with Crippen molar-refractivity contribution in [3.05, 3.63) is 59.4 Å². The zero-order chi connectivity index (χ0) is 19.2. The molecule has 1 heterocycles. The number of amides is 1. The highest BCUT2D eigenvalue weighted by Gasteiger charge is 2.17. The molecule has 0 aromatic heterocycles. The maximum absolute atomic E-state index is 13.9. The summed E-state index contributed by atoms with van der Waals surface area (Å²) in [6, 6.07) is 12.9. The number of ether oxygens (including phenoxy) is 1. The van der Waals surface area contributed by atoms with E-state index < -0.39 is 5.82 Å². The van der Waals surface area contributed by atoms with Crippen LogP contribution in [0.3, 0.4) is 0 Å². The lowest BCUT2D eigenvalue weighted by molar-refractivity contribution is -0.129. The molecule has 1 aliphatic heterocycles. The van der Waals surface area contributed by atoms with Crippen LogP contribution in [-0.2, 0) is 17.8 Å². The number of likely N-dealkylation sites (N-methyl/N-ethyl adjacent to an activating group) is 1. The summed E-state index contributed by atoms with van der Waals surface area (Å²) in [4.78, 5) is 16.8. The molecule has 0 unspecified atom stereocenters. The number of nitrogens with zero attached hydrogens (tertiary/aromatic N) is 2. The molecule has 144 valence electrons. The van der Waals surface area contributed by atoms with Gasteiger partial charge < -0.3 is 14.5 Å². The Labute approximate surface area is 160 Å². The van der Waals surface area contributed by atoms with Crippen LogP contribution < -0.4 is 9.64 Å². The van der Waals surface area contributed by atoms with E-state index in [1.165, 1.54) is 38.1 Å². The third-order valence-corrected chi connectivity index (χ3v) is 5.09. The van der Waals surface area contributed by atoms with E-state index >= 15 is 0 Å². The topological polar surface area (TPSA) is 32.8 Å². The van der Waals surface area contributed by atoms with E-state index in [1.807, 2.05) is 6.07 Å². The minimum atomic E-state index is -0.444. The lowest BCUT2D eigenvalue weighted by Crippen LogP contribution is -2.32. The Morgan fingerprint density at radius 1 is 1.15 bits per heavy atom. The summed E-state index contributed by atoms with van der Waals surface area (Å²) >= 11 is 0. The smallest absolute Gasteiger partial charge is 0.227 e. The van der Waals surface area contributed by atoms with Gasteiger partial charge in [-0.05, 0) is 48.6 Å². The van der Waals surface area contributed by atoms with Crippen molar-refractivity contribution in [2.45, 2.75) is 32.2 Å². The van der Waals surface area contributed by atoms with Crippen molar-refractivity contribution in [1.82, 2.24) is 4.90 Å². The highest BCUT2D eigenvalue weighted by Crippen LogP contribution is 2.25. The molecular weight excluding hydrogens is 343 g/mol. The third-order valence-electron chi connectivity index (χ3n) is 5.09. The SMILES string of the molecule is COc1ccc(CC(=O)N(C)Cc2ccccc2N2CCCCC2)cc1F. The summed E-state index contributed by atoms with van der Waals surface area (Å²) in [6.45, 7) is 2.68. The fourth-order valence-corrected chi connectivity index (χ4v) is 3.56. The molecule has 27 heavy (non-hydrogen) atoms. The Kier molecular flexibility index (Phi) is 6.32. The number of carbonyl (C=O) groups is 1. The quantitative estimate of drug-likeness (QED) is 0.770. The summed E-state index contributed by atoms with van der Waals surface area (Å²) in [6.07, 6.45) is 3.89. The summed E-state index contributed by atoms with van der Waals surface area (Å²) in [7, 11) is 3.23. The monoisotopic (exact) mass is 370 g/mol. The molecule has 0 N–H and O–H groups in total. The normalized spacial score (nSPS) is 14.1. The van der Waals surface area contributed by atoms with Gasteiger partial charge in [-0.25, -0.2) is 4.39 Å². The predicted molar refractivity (Wildman–Crippen MR) is 106 cm³/mol. The molecule has 2 aromatic carbocycles. The fraction of sp³-hybridized carbons (Fsp3) is 0.409. The number of para-hydroxylation sites is 1. The molecular formula is C22H27FN2O2. The van der Waals surface area contributed by atoms with Crippen LogP contribution in [0.4, 0.5) is 10.1 Å². The van der Waals surface area contributed by atoms with Crippen LogP contribution in [0.1, 0.15) is 30.4 Å². The zero-order valence-electron chi connectivity index (χ0n) is 16.1. The van der Waals surface area contributed by atoms with Gasteiger partial charge in [0.2, 0.25) is 5.91 Å². The van der Waals surface area contributed by atoms with Crippen molar-refractivity contribution in [3.63, 3.8) is 0 Å². The molecule has 5 heteroatoms. The predicted octanol–water partition coefficient (Wildman–Crippen LogP) is 4.03. The second kappa shape index (κ2) is 8.89. The van der Waals surface area contributed by atoms with E-state index in [0.29, 0.717) is 12.1 Å². The molecule has 0 spiro atoms. The van der Waals surface area contributed by atoms with Crippen LogP contribution in [0.5, 0.6) is 5.75 Å². The van der Waals surface area contributed by atoms with Gasteiger partial charge in [-0.3, -0.25) is 4.79 Å². The van der Waals surface area contributed by atoms with Gasteiger partial charge >= 0.3 is 0 Å². The number of methoxy groups -OCH3 is 1. The fourth-order valence-electron chi connectivity index (χ4n) is 3.56. The van der Waals surface area contributed by atoms with Crippen molar-refractivity contribution < 1.29 is 13.9 Å². The maximum atomic E-state index is 13.9. The number of piperidine rings is 1. The first-order valence-corrected chi connectivity index (χ1v) is 9.47. The summed E-state index contributed by atoms with van der Waals surface area (Å²) in [5, 5.41) is 0. The van der Waals surface area contributed by atoms with Crippen LogP contribution in [0, 0.1) is 5.82 Å². The third kappa shape index (κ3) is 4.79. The van der Waals surface area contributed by atoms with E-state index in [-0.39, 0.29) is 18.1 Å². The summed E-state index contributed by atoms with van der Waals surface area (Å²) in [5.74, 6) is -0.288.